The van der Waals surface area contributed by atoms with E-state index in [9.17, 15) is 0 Å². The monoisotopic (exact) mass is 362 g/mol. The molecule has 140 valence electrons. The zero-order valence-electron chi connectivity index (χ0n) is 16.3. The van der Waals surface area contributed by atoms with Crippen molar-refractivity contribution in [3.8, 4) is 0 Å². The molecule has 2 aromatic carbocycles. The number of aliphatic hydroxyl groups is 1. The van der Waals surface area contributed by atoms with E-state index in [1.165, 1.54) is 27.7 Å². The summed E-state index contributed by atoms with van der Waals surface area (Å²) in [6.45, 7) is 0.942. The van der Waals surface area contributed by atoms with E-state index in [0.29, 0.717) is 0 Å². The van der Waals surface area contributed by atoms with Crippen LogP contribution in [0.3, 0.4) is 0 Å². The largest absolute Gasteiger partial charge is 0.396 e. The van der Waals surface area contributed by atoms with Crippen LogP contribution < -0.4 is 14.8 Å². The molecule has 0 atom stereocenters. The first kappa shape index (κ1) is 18.9. The number of benzene rings is 2. The summed E-state index contributed by atoms with van der Waals surface area (Å²) >= 11 is 0. The van der Waals surface area contributed by atoms with E-state index in [1.807, 2.05) is 14.1 Å². The summed E-state index contributed by atoms with van der Waals surface area (Å²) in [5, 5.41) is 13.7. The molecule has 0 saturated carbocycles. The van der Waals surface area contributed by atoms with E-state index >= 15 is 0 Å². The van der Waals surface area contributed by atoms with Crippen molar-refractivity contribution in [2.75, 3.05) is 37.5 Å². The van der Waals surface area contributed by atoms with E-state index in [1.54, 1.807) is 0 Å². The van der Waals surface area contributed by atoms with Gasteiger partial charge in [-0.3, -0.25) is 5.32 Å². The van der Waals surface area contributed by atoms with Gasteiger partial charge in [-0.2, -0.15) is 0 Å². The fraction of sp³-hybridized carbons (Fsp3) is 0.261. The van der Waals surface area contributed by atoms with E-state index in [0.717, 1.165) is 18.8 Å². The Morgan fingerprint density at radius 3 is 2.48 bits per heavy atom. The first-order valence-electron chi connectivity index (χ1n) is 9.32. The molecule has 0 aliphatic rings. The average molecular weight is 362 g/mol. The highest BCUT2D eigenvalue weighted by Gasteiger charge is 2.12. The van der Waals surface area contributed by atoms with Crippen molar-refractivity contribution in [2.24, 2.45) is 7.05 Å². The number of hydrogen-bond acceptors (Lipinski definition) is 3. The molecule has 0 unspecified atom stereocenters. The maximum atomic E-state index is 9.04. The molecule has 2 N–H and O–H groups in total. The van der Waals surface area contributed by atoms with Crippen molar-refractivity contribution in [1.82, 2.24) is 0 Å². The molecule has 0 fully saturated rings. The Bertz CT molecular complexity index is 930. The molecule has 4 heteroatoms. The second-order valence-corrected chi connectivity index (χ2v) is 6.88. The Labute approximate surface area is 161 Å². The number of hydrogen-bond donors (Lipinski definition) is 2. The number of aromatic nitrogens is 1. The number of fused-ring (bicyclic) bond motifs is 1. The number of aryl methyl sites for hydroxylation is 1. The number of nitrogens with one attached hydrogen (secondary N) is 1. The van der Waals surface area contributed by atoms with Crippen molar-refractivity contribution >= 4 is 34.6 Å². The van der Waals surface area contributed by atoms with Crippen LogP contribution in [0.15, 0.2) is 54.6 Å². The summed E-state index contributed by atoms with van der Waals surface area (Å²) in [7, 11) is 6.16. The van der Waals surface area contributed by atoms with Crippen LogP contribution >= 0.6 is 0 Å². The minimum Gasteiger partial charge on any atom is -0.396 e. The Morgan fingerprint density at radius 1 is 1.04 bits per heavy atom. The van der Waals surface area contributed by atoms with Gasteiger partial charge in [-0.05, 0) is 29.3 Å². The van der Waals surface area contributed by atoms with Crippen molar-refractivity contribution in [3.63, 3.8) is 0 Å². The van der Waals surface area contributed by atoms with Gasteiger partial charge in [-0.15, -0.1) is 0 Å². The van der Waals surface area contributed by atoms with Crippen LogP contribution in [-0.2, 0) is 7.05 Å². The van der Waals surface area contributed by atoms with Crippen LogP contribution in [-0.4, -0.2) is 32.4 Å². The van der Waals surface area contributed by atoms with Gasteiger partial charge in [0.2, 0.25) is 0 Å². The minimum atomic E-state index is 0.194. The topological polar surface area (TPSA) is 39.4 Å². The quantitative estimate of drug-likeness (QED) is 0.497. The van der Waals surface area contributed by atoms with Crippen LogP contribution in [0.4, 0.5) is 11.5 Å². The van der Waals surface area contributed by atoms with Gasteiger partial charge in [0.15, 0.2) is 0 Å². The number of anilines is 2. The first-order chi connectivity index (χ1) is 13.1. The van der Waals surface area contributed by atoms with Crippen molar-refractivity contribution in [1.29, 1.82) is 0 Å². The van der Waals surface area contributed by atoms with Gasteiger partial charge in [0.1, 0.15) is 5.52 Å². The summed E-state index contributed by atoms with van der Waals surface area (Å²) in [5.74, 6) is 1.05. The lowest BCUT2D eigenvalue weighted by Crippen LogP contribution is -2.34. The van der Waals surface area contributed by atoms with Crippen LogP contribution in [0.25, 0.3) is 23.1 Å². The van der Waals surface area contributed by atoms with Gasteiger partial charge in [-0.25, -0.2) is 4.57 Å². The molecule has 4 nitrogen and oxygen atoms in total. The maximum Gasteiger partial charge on any atom is 0.275 e. The number of rotatable bonds is 7. The highest BCUT2D eigenvalue weighted by Crippen LogP contribution is 2.22. The van der Waals surface area contributed by atoms with Gasteiger partial charge in [0, 0.05) is 44.3 Å². The molecular formula is C23H28N3O+. The lowest BCUT2D eigenvalue weighted by Gasteiger charge is -2.12. The molecule has 0 aliphatic heterocycles. The van der Waals surface area contributed by atoms with E-state index in [-0.39, 0.29) is 6.61 Å². The Kier molecular flexibility index (Phi) is 6.09. The summed E-state index contributed by atoms with van der Waals surface area (Å²) in [6, 6.07) is 19.1. The van der Waals surface area contributed by atoms with Crippen molar-refractivity contribution < 1.29 is 9.67 Å². The SMILES string of the molecule is CN(C)c1ccc(/C=C/c2cc(NCCCO)[n+](C)c3ccccc23)cc1. The normalized spacial score (nSPS) is 11.3. The van der Waals surface area contributed by atoms with Crippen LogP contribution in [0.2, 0.25) is 0 Å². The standard InChI is InChI=1S/C23H27N3O/c1-25(2)20-13-10-18(11-14-20)9-12-19-17-23(24-15-6-16-27)26(3)22-8-5-4-7-21(19)22/h4-5,7-14,17,27H,6,15-16H2,1-3H3/p+1/b12-9+. The molecule has 1 heterocycles. The van der Waals surface area contributed by atoms with Crippen molar-refractivity contribution in [2.45, 2.75) is 6.42 Å². The van der Waals surface area contributed by atoms with Crippen molar-refractivity contribution in [3.05, 3.63) is 65.7 Å². The van der Waals surface area contributed by atoms with Gasteiger partial charge in [0.25, 0.3) is 5.82 Å². The highest BCUT2D eigenvalue weighted by molar-refractivity contribution is 5.90. The predicted octanol–water partition coefficient (Wildman–Crippen LogP) is 3.70. The highest BCUT2D eigenvalue weighted by atomic mass is 16.3. The molecule has 3 aromatic rings. The second-order valence-electron chi connectivity index (χ2n) is 6.88. The number of para-hydroxylation sites is 1. The molecule has 0 amide bonds. The molecule has 27 heavy (non-hydrogen) atoms. The first-order valence-corrected chi connectivity index (χ1v) is 9.32. The van der Waals surface area contributed by atoms with Gasteiger partial charge >= 0.3 is 0 Å². The lowest BCUT2D eigenvalue weighted by atomic mass is 10.1. The smallest absolute Gasteiger partial charge is 0.275 e. The molecule has 1 aromatic heterocycles. The van der Waals surface area contributed by atoms with Crippen LogP contribution in [0.5, 0.6) is 0 Å². The fourth-order valence-electron chi connectivity index (χ4n) is 3.13. The van der Waals surface area contributed by atoms with Gasteiger partial charge in [-0.1, -0.05) is 42.5 Å². The lowest BCUT2D eigenvalue weighted by molar-refractivity contribution is -0.630. The van der Waals surface area contributed by atoms with Crippen LogP contribution in [0, 0.1) is 0 Å². The molecule has 0 aliphatic carbocycles. The Hall–Kier alpha value is -2.85. The third-order valence-corrected chi connectivity index (χ3v) is 4.74. The number of aliphatic hydroxyl groups excluding tert-OH is 1. The zero-order valence-corrected chi connectivity index (χ0v) is 16.3. The number of nitrogens with zero attached hydrogens (tertiary/aromatic N) is 2. The summed E-state index contributed by atoms with van der Waals surface area (Å²) in [6.07, 6.45) is 5.05. The summed E-state index contributed by atoms with van der Waals surface area (Å²) in [5.41, 5.74) is 4.72. The summed E-state index contributed by atoms with van der Waals surface area (Å²) in [4.78, 5) is 2.10. The Morgan fingerprint density at radius 2 is 1.78 bits per heavy atom. The fourth-order valence-corrected chi connectivity index (χ4v) is 3.13. The zero-order chi connectivity index (χ0) is 19.2. The van der Waals surface area contributed by atoms with E-state index in [2.05, 4.69) is 88.6 Å². The maximum absolute atomic E-state index is 9.04. The van der Waals surface area contributed by atoms with E-state index < -0.39 is 0 Å². The summed E-state index contributed by atoms with van der Waals surface area (Å²) < 4.78 is 2.16. The molecule has 0 spiro atoms. The second kappa shape index (κ2) is 8.69. The number of pyridine rings is 1. The van der Waals surface area contributed by atoms with Gasteiger partial charge < -0.3 is 10.0 Å². The third-order valence-electron chi connectivity index (χ3n) is 4.74. The Balaban J connectivity index is 1.95. The molecule has 0 bridgehead atoms. The predicted molar refractivity (Wildman–Crippen MR) is 115 cm³/mol. The van der Waals surface area contributed by atoms with Gasteiger partial charge in [0.05, 0.1) is 13.6 Å². The third kappa shape index (κ3) is 4.47. The van der Waals surface area contributed by atoms with Crippen LogP contribution in [0.1, 0.15) is 17.5 Å². The molecule has 0 radical (unpaired) electrons. The minimum absolute atomic E-state index is 0.194. The average Bonchev–Trinajstić information content (AvgIpc) is 2.69. The molecule has 3 rings (SSSR count). The molecular weight excluding hydrogens is 334 g/mol. The molecule has 0 saturated heterocycles. The van der Waals surface area contributed by atoms with E-state index in [4.69, 9.17) is 5.11 Å².